The minimum atomic E-state index is -1.02. The van der Waals surface area contributed by atoms with E-state index in [1.807, 2.05) is 109 Å². The van der Waals surface area contributed by atoms with Crippen molar-refractivity contribution in [2.75, 3.05) is 5.32 Å². The summed E-state index contributed by atoms with van der Waals surface area (Å²) in [5.74, 6) is -1.28. The van der Waals surface area contributed by atoms with Gasteiger partial charge in [-0.05, 0) is 29.8 Å². The third-order valence-corrected chi connectivity index (χ3v) is 8.83. The topological polar surface area (TPSA) is 118 Å². The van der Waals surface area contributed by atoms with Gasteiger partial charge in [-0.15, -0.1) is 10.2 Å². The highest BCUT2D eigenvalue weighted by atomic mass is 32.2. The first-order valence-electron chi connectivity index (χ1n) is 15.1. The number of carbonyl (C=O) groups excluding carboxylic acids is 1. The Hall–Kier alpha value is -6.19. The Bertz CT molecular complexity index is 2230. The van der Waals surface area contributed by atoms with Crippen LogP contribution >= 0.6 is 11.8 Å². The molecule has 0 aliphatic carbocycles. The zero-order valence-electron chi connectivity index (χ0n) is 25.4. The first kappa shape index (κ1) is 30.5. The first-order chi connectivity index (χ1) is 23.5. The maximum Gasteiger partial charge on any atom is 0.336 e. The SMILES string of the molecule is O=C(O)c1cc(-c2ccc(NC(=O)C(Sc3nnc(-c4ccccc4)c(-c4ccccc4)n3)c3ccccc3)cc2)nc2ccccc12. The lowest BCUT2D eigenvalue weighted by molar-refractivity contribution is -0.115. The van der Waals surface area contributed by atoms with Crippen LogP contribution in [-0.4, -0.2) is 37.1 Å². The normalized spacial score (nSPS) is 11.6. The van der Waals surface area contributed by atoms with E-state index in [0.717, 1.165) is 22.3 Å². The number of hydrogen-bond acceptors (Lipinski definition) is 7. The van der Waals surface area contributed by atoms with Crippen molar-refractivity contribution in [3.05, 3.63) is 157 Å². The zero-order valence-corrected chi connectivity index (χ0v) is 26.2. The molecule has 7 rings (SSSR count). The summed E-state index contributed by atoms with van der Waals surface area (Å²) in [6, 6.07) is 45.0. The molecule has 0 fully saturated rings. The number of aromatic carboxylic acids is 1. The van der Waals surface area contributed by atoms with Gasteiger partial charge in [0.1, 0.15) is 16.6 Å². The molecule has 8 nitrogen and oxygen atoms in total. The minimum Gasteiger partial charge on any atom is -0.478 e. The van der Waals surface area contributed by atoms with E-state index in [9.17, 15) is 14.7 Å². The predicted molar refractivity (Wildman–Crippen MR) is 189 cm³/mol. The summed E-state index contributed by atoms with van der Waals surface area (Å²) in [6.07, 6.45) is 0. The lowest BCUT2D eigenvalue weighted by Gasteiger charge is -2.17. The summed E-state index contributed by atoms with van der Waals surface area (Å²) in [5.41, 5.74) is 6.51. The van der Waals surface area contributed by atoms with Crippen LogP contribution in [0.5, 0.6) is 0 Å². The Morgan fingerprint density at radius 3 is 1.90 bits per heavy atom. The molecule has 7 aromatic rings. The number of rotatable bonds is 9. The van der Waals surface area contributed by atoms with E-state index in [-0.39, 0.29) is 11.5 Å². The smallest absolute Gasteiger partial charge is 0.336 e. The number of carbonyl (C=O) groups is 2. The van der Waals surface area contributed by atoms with Crippen LogP contribution in [-0.2, 0) is 4.79 Å². The van der Waals surface area contributed by atoms with E-state index in [4.69, 9.17) is 4.98 Å². The lowest BCUT2D eigenvalue weighted by Crippen LogP contribution is -2.19. The van der Waals surface area contributed by atoms with Gasteiger partial charge in [0.2, 0.25) is 11.1 Å². The summed E-state index contributed by atoms with van der Waals surface area (Å²) in [6.45, 7) is 0. The summed E-state index contributed by atoms with van der Waals surface area (Å²) in [4.78, 5) is 35.5. The average molecular weight is 646 g/mol. The van der Waals surface area contributed by atoms with Crippen molar-refractivity contribution in [1.29, 1.82) is 0 Å². The highest BCUT2D eigenvalue weighted by Crippen LogP contribution is 2.37. The van der Waals surface area contributed by atoms with Crippen molar-refractivity contribution in [3.8, 4) is 33.8 Å². The van der Waals surface area contributed by atoms with E-state index >= 15 is 0 Å². The Balaban J connectivity index is 1.17. The molecule has 0 bridgehead atoms. The van der Waals surface area contributed by atoms with Gasteiger partial charge in [-0.3, -0.25) is 4.79 Å². The van der Waals surface area contributed by atoms with E-state index in [2.05, 4.69) is 20.5 Å². The number of fused-ring (bicyclic) bond motifs is 1. The van der Waals surface area contributed by atoms with Crippen LogP contribution in [0.25, 0.3) is 44.7 Å². The number of nitrogens with one attached hydrogen (secondary N) is 1. The summed E-state index contributed by atoms with van der Waals surface area (Å²) in [5, 5.41) is 22.1. The third kappa shape index (κ3) is 6.53. The summed E-state index contributed by atoms with van der Waals surface area (Å²) in [7, 11) is 0. The van der Waals surface area contributed by atoms with Crippen LogP contribution in [0.4, 0.5) is 5.69 Å². The Morgan fingerprint density at radius 2 is 1.23 bits per heavy atom. The molecule has 0 saturated heterocycles. The van der Waals surface area contributed by atoms with E-state index < -0.39 is 11.2 Å². The number of pyridine rings is 1. The van der Waals surface area contributed by atoms with Crippen LogP contribution in [0, 0.1) is 0 Å². The van der Waals surface area contributed by atoms with Gasteiger partial charge in [0.05, 0.1) is 16.8 Å². The molecule has 5 aromatic carbocycles. The molecule has 48 heavy (non-hydrogen) atoms. The van der Waals surface area contributed by atoms with E-state index in [1.165, 1.54) is 11.8 Å². The average Bonchev–Trinajstić information content (AvgIpc) is 3.14. The molecular formula is C39H27N5O3S. The fraction of sp³-hybridized carbons (Fsp3) is 0.0256. The minimum absolute atomic E-state index is 0.180. The van der Waals surface area contributed by atoms with Crippen LogP contribution in [0.15, 0.2) is 151 Å². The van der Waals surface area contributed by atoms with Crippen molar-refractivity contribution in [1.82, 2.24) is 20.2 Å². The quantitative estimate of drug-likeness (QED) is 0.150. The molecular weight excluding hydrogens is 619 g/mol. The maximum absolute atomic E-state index is 13.9. The van der Waals surface area contributed by atoms with Gasteiger partial charge in [-0.1, -0.05) is 133 Å². The van der Waals surface area contributed by atoms with Crippen molar-refractivity contribution in [3.63, 3.8) is 0 Å². The number of benzene rings is 5. The second-order valence-corrected chi connectivity index (χ2v) is 11.9. The molecule has 0 aliphatic rings. The molecule has 1 unspecified atom stereocenters. The maximum atomic E-state index is 13.9. The summed E-state index contributed by atoms with van der Waals surface area (Å²) >= 11 is 1.22. The second-order valence-electron chi connectivity index (χ2n) is 10.9. The largest absolute Gasteiger partial charge is 0.478 e. The van der Waals surface area contributed by atoms with Crippen LogP contribution in [0.1, 0.15) is 21.2 Å². The van der Waals surface area contributed by atoms with Gasteiger partial charge in [0.25, 0.3) is 0 Å². The fourth-order valence-electron chi connectivity index (χ4n) is 5.39. The third-order valence-electron chi connectivity index (χ3n) is 7.72. The molecule has 0 saturated carbocycles. The predicted octanol–water partition coefficient (Wildman–Crippen LogP) is 8.59. The molecule has 0 spiro atoms. The molecule has 0 aliphatic heterocycles. The van der Waals surface area contributed by atoms with Crippen LogP contribution in [0.2, 0.25) is 0 Å². The Labute approximate surface area is 280 Å². The lowest BCUT2D eigenvalue weighted by atomic mass is 10.0. The van der Waals surface area contributed by atoms with Crippen molar-refractivity contribution in [2.45, 2.75) is 10.4 Å². The molecule has 232 valence electrons. The van der Waals surface area contributed by atoms with Crippen molar-refractivity contribution in [2.24, 2.45) is 0 Å². The molecule has 9 heteroatoms. The van der Waals surface area contributed by atoms with Gasteiger partial charge >= 0.3 is 5.97 Å². The van der Waals surface area contributed by atoms with Gasteiger partial charge < -0.3 is 10.4 Å². The standard InChI is InChI=1S/C39H27N5O3S/c45-37(40-29-22-20-25(21-23-29)33-24-31(38(46)47)30-18-10-11-19-32(30)41-33)36(28-16-8-3-9-17-28)48-39-42-34(26-12-4-1-5-13-26)35(43-44-39)27-14-6-2-7-15-27/h1-24,36H,(H,40,45)(H,46,47). The number of thioether (sulfide) groups is 1. The van der Waals surface area contributed by atoms with E-state index in [0.29, 0.717) is 38.8 Å². The number of para-hydroxylation sites is 1. The van der Waals surface area contributed by atoms with E-state index in [1.54, 1.807) is 36.4 Å². The monoisotopic (exact) mass is 645 g/mol. The Morgan fingerprint density at radius 1 is 0.625 bits per heavy atom. The highest BCUT2D eigenvalue weighted by molar-refractivity contribution is 8.00. The van der Waals surface area contributed by atoms with Gasteiger partial charge in [0, 0.05) is 27.8 Å². The zero-order chi connectivity index (χ0) is 32.9. The molecule has 1 amide bonds. The second kappa shape index (κ2) is 13.7. The van der Waals surface area contributed by atoms with Crippen LogP contribution in [0.3, 0.4) is 0 Å². The number of nitrogens with zero attached hydrogens (tertiary/aromatic N) is 4. The number of hydrogen-bond donors (Lipinski definition) is 2. The number of aromatic nitrogens is 4. The van der Waals surface area contributed by atoms with Gasteiger partial charge in [0.15, 0.2) is 0 Å². The van der Waals surface area contributed by atoms with Gasteiger partial charge in [-0.25, -0.2) is 14.8 Å². The molecule has 2 heterocycles. The molecule has 0 radical (unpaired) electrons. The number of carboxylic acid groups (broad SMARTS) is 1. The van der Waals surface area contributed by atoms with Crippen molar-refractivity contribution >= 4 is 40.2 Å². The molecule has 2 N–H and O–H groups in total. The van der Waals surface area contributed by atoms with Gasteiger partial charge in [-0.2, -0.15) is 0 Å². The molecule has 1 atom stereocenters. The Kier molecular flexibility index (Phi) is 8.67. The first-order valence-corrected chi connectivity index (χ1v) is 16.0. The fourth-order valence-corrected chi connectivity index (χ4v) is 6.29. The van der Waals surface area contributed by atoms with Crippen molar-refractivity contribution < 1.29 is 14.7 Å². The van der Waals surface area contributed by atoms with Crippen LogP contribution < -0.4 is 5.32 Å². The highest BCUT2D eigenvalue weighted by Gasteiger charge is 2.25. The number of amides is 1. The number of carboxylic acids is 1. The molecule has 2 aromatic heterocycles. The summed E-state index contributed by atoms with van der Waals surface area (Å²) < 4.78 is 0. The number of anilines is 1.